The number of hydrogen-bond donors (Lipinski definition) is 2. The maximum absolute atomic E-state index is 13.0. The van der Waals surface area contributed by atoms with Crippen molar-refractivity contribution in [1.82, 2.24) is 15.3 Å². The quantitative estimate of drug-likeness (QED) is 0.292. The Labute approximate surface area is 231 Å². The minimum atomic E-state index is -0.00507. The van der Waals surface area contributed by atoms with E-state index in [1.807, 2.05) is 61.5 Å². The Kier molecular flexibility index (Phi) is 7.56. The van der Waals surface area contributed by atoms with Crippen LogP contribution in [-0.4, -0.2) is 42.1 Å². The predicted molar refractivity (Wildman–Crippen MR) is 162 cm³/mol. The molecule has 5 rings (SSSR count). The smallest absolute Gasteiger partial charge is 0.251 e. The summed E-state index contributed by atoms with van der Waals surface area (Å²) in [6, 6.07) is 25.2. The number of nitrogens with one attached hydrogen (secondary N) is 2. The molecular formula is C33H39N5O. The van der Waals surface area contributed by atoms with Gasteiger partial charge in [-0.1, -0.05) is 69.3 Å². The topological polar surface area (TPSA) is 70.2 Å². The number of aromatic nitrogens is 2. The molecule has 0 aliphatic heterocycles. The summed E-state index contributed by atoms with van der Waals surface area (Å²) in [4.78, 5) is 24.5. The molecule has 1 aliphatic rings. The average Bonchev–Trinajstić information content (AvgIpc) is 2.93. The number of anilines is 2. The lowest BCUT2D eigenvalue weighted by Crippen LogP contribution is -2.40. The zero-order chi connectivity index (χ0) is 27.6. The Morgan fingerprint density at radius 1 is 0.795 bits per heavy atom. The van der Waals surface area contributed by atoms with Gasteiger partial charge in [0, 0.05) is 37.1 Å². The van der Waals surface area contributed by atoms with Crippen LogP contribution in [0.5, 0.6) is 0 Å². The molecule has 1 aromatic heterocycles. The summed E-state index contributed by atoms with van der Waals surface area (Å²) in [5.41, 5.74) is 5.37. The van der Waals surface area contributed by atoms with Crippen LogP contribution in [0.4, 0.5) is 11.8 Å². The van der Waals surface area contributed by atoms with Gasteiger partial charge in [0.05, 0.1) is 5.52 Å². The van der Waals surface area contributed by atoms with Crippen molar-refractivity contribution in [3.8, 4) is 11.1 Å². The number of nitrogens with zero attached hydrogens (tertiary/aromatic N) is 3. The van der Waals surface area contributed by atoms with Crippen LogP contribution in [0.1, 0.15) is 62.4 Å². The number of fused-ring (bicyclic) bond motifs is 1. The molecular weight excluding hydrogens is 482 g/mol. The molecule has 0 saturated heterocycles. The summed E-state index contributed by atoms with van der Waals surface area (Å²) >= 11 is 0. The lowest BCUT2D eigenvalue weighted by Gasteiger charge is -2.30. The molecule has 2 N–H and O–H groups in total. The fourth-order valence-corrected chi connectivity index (χ4v) is 5.28. The van der Waals surface area contributed by atoms with Gasteiger partial charge in [0.25, 0.3) is 5.91 Å². The van der Waals surface area contributed by atoms with Gasteiger partial charge in [-0.05, 0) is 72.1 Å². The number of benzene rings is 3. The second-order valence-corrected chi connectivity index (χ2v) is 11.9. The van der Waals surface area contributed by atoms with E-state index < -0.39 is 0 Å². The second-order valence-electron chi connectivity index (χ2n) is 11.9. The van der Waals surface area contributed by atoms with E-state index in [9.17, 15) is 4.79 Å². The van der Waals surface area contributed by atoms with Crippen LogP contribution < -0.4 is 15.5 Å². The van der Waals surface area contributed by atoms with Crippen LogP contribution in [0.3, 0.4) is 0 Å². The van der Waals surface area contributed by atoms with Crippen molar-refractivity contribution < 1.29 is 4.79 Å². The first kappa shape index (κ1) is 26.7. The standard InChI is InChI=1S/C33H39N5O/c1-33(2,3)25-16-14-23(15-17-25)22-10-12-24(13-11-22)31(39)34-26-18-20-27(21-19-26)35-32-36-29-9-7-6-8-28(29)30(37-32)38(4)5/h6-17,26-27H,18-21H2,1-5H3,(H,34,39)(H,35,36,37)/t26-,27+. The summed E-state index contributed by atoms with van der Waals surface area (Å²) in [5.74, 6) is 1.57. The fraction of sp³-hybridized carbons (Fsp3) is 0.364. The summed E-state index contributed by atoms with van der Waals surface area (Å²) in [5, 5.41) is 7.84. The number of carbonyl (C=O) groups excluding carboxylic acids is 1. The first-order valence-electron chi connectivity index (χ1n) is 13.9. The van der Waals surface area contributed by atoms with E-state index in [-0.39, 0.29) is 17.4 Å². The van der Waals surface area contributed by atoms with Crippen LogP contribution in [-0.2, 0) is 5.41 Å². The van der Waals surface area contributed by atoms with Crippen molar-refractivity contribution in [1.29, 1.82) is 0 Å². The third-order valence-corrected chi connectivity index (χ3v) is 7.63. The molecule has 0 radical (unpaired) electrons. The maximum atomic E-state index is 13.0. The van der Waals surface area contributed by atoms with Gasteiger partial charge in [-0.2, -0.15) is 4.98 Å². The molecule has 1 heterocycles. The van der Waals surface area contributed by atoms with Gasteiger partial charge >= 0.3 is 0 Å². The van der Waals surface area contributed by atoms with Gasteiger partial charge in [0.2, 0.25) is 5.95 Å². The molecule has 1 aliphatic carbocycles. The Hall–Kier alpha value is -3.93. The third kappa shape index (κ3) is 6.22. The van der Waals surface area contributed by atoms with Crippen LogP contribution in [0, 0.1) is 0 Å². The van der Waals surface area contributed by atoms with E-state index in [0.717, 1.165) is 53.5 Å². The van der Waals surface area contributed by atoms with Crippen LogP contribution in [0.2, 0.25) is 0 Å². The van der Waals surface area contributed by atoms with Gasteiger partial charge < -0.3 is 15.5 Å². The van der Waals surface area contributed by atoms with Gasteiger partial charge in [-0.3, -0.25) is 4.79 Å². The Morgan fingerprint density at radius 3 is 2.00 bits per heavy atom. The number of rotatable bonds is 6. The minimum Gasteiger partial charge on any atom is -0.362 e. The van der Waals surface area contributed by atoms with Crippen molar-refractivity contribution in [2.45, 2.75) is 64.0 Å². The largest absolute Gasteiger partial charge is 0.362 e. The first-order valence-corrected chi connectivity index (χ1v) is 13.9. The summed E-state index contributed by atoms with van der Waals surface area (Å²) in [7, 11) is 4.01. The highest BCUT2D eigenvalue weighted by Crippen LogP contribution is 2.28. The minimum absolute atomic E-state index is 0.00507. The monoisotopic (exact) mass is 521 g/mol. The van der Waals surface area contributed by atoms with E-state index in [1.54, 1.807) is 0 Å². The van der Waals surface area contributed by atoms with Crippen LogP contribution in [0.15, 0.2) is 72.8 Å². The lowest BCUT2D eigenvalue weighted by molar-refractivity contribution is 0.0926. The Morgan fingerprint density at radius 2 is 1.38 bits per heavy atom. The normalized spacial score (nSPS) is 17.6. The molecule has 0 bridgehead atoms. The predicted octanol–water partition coefficient (Wildman–Crippen LogP) is 6.81. The highest BCUT2D eigenvalue weighted by Gasteiger charge is 2.24. The molecule has 1 fully saturated rings. The van der Waals surface area contributed by atoms with E-state index in [1.165, 1.54) is 5.56 Å². The molecule has 4 aromatic rings. The van der Waals surface area contributed by atoms with E-state index >= 15 is 0 Å². The van der Waals surface area contributed by atoms with E-state index in [0.29, 0.717) is 17.6 Å². The summed E-state index contributed by atoms with van der Waals surface area (Å²) in [6.07, 6.45) is 3.77. The molecule has 0 spiro atoms. The van der Waals surface area contributed by atoms with Crippen molar-refractivity contribution in [2.75, 3.05) is 24.3 Å². The van der Waals surface area contributed by atoms with Crippen LogP contribution >= 0.6 is 0 Å². The van der Waals surface area contributed by atoms with Crippen LogP contribution in [0.25, 0.3) is 22.0 Å². The molecule has 0 atom stereocenters. The second kappa shape index (κ2) is 11.0. The number of amides is 1. The molecule has 0 unspecified atom stereocenters. The molecule has 1 saturated carbocycles. The number of hydrogen-bond acceptors (Lipinski definition) is 5. The van der Waals surface area contributed by atoms with Gasteiger partial charge in [-0.25, -0.2) is 4.98 Å². The molecule has 6 heteroatoms. The molecule has 39 heavy (non-hydrogen) atoms. The summed E-state index contributed by atoms with van der Waals surface area (Å²) < 4.78 is 0. The van der Waals surface area contributed by atoms with Crippen molar-refractivity contribution in [3.05, 3.63) is 83.9 Å². The third-order valence-electron chi connectivity index (χ3n) is 7.63. The van der Waals surface area contributed by atoms with Crippen molar-refractivity contribution >= 4 is 28.6 Å². The van der Waals surface area contributed by atoms with Crippen molar-refractivity contribution in [3.63, 3.8) is 0 Å². The summed E-state index contributed by atoms with van der Waals surface area (Å²) in [6.45, 7) is 6.66. The van der Waals surface area contributed by atoms with E-state index in [4.69, 9.17) is 9.97 Å². The SMILES string of the molecule is CN(C)c1nc(N[C@H]2CC[C@@H](NC(=O)c3ccc(-c4ccc(C(C)(C)C)cc4)cc3)CC2)nc2ccccc12. The molecule has 202 valence electrons. The number of carbonyl (C=O) groups is 1. The Balaban J connectivity index is 1.16. The van der Waals surface area contributed by atoms with Gasteiger partial charge in [-0.15, -0.1) is 0 Å². The highest BCUT2D eigenvalue weighted by molar-refractivity contribution is 5.95. The zero-order valence-electron chi connectivity index (χ0n) is 23.7. The van der Waals surface area contributed by atoms with Gasteiger partial charge in [0.1, 0.15) is 5.82 Å². The molecule has 6 nitrogen and oxygen atoms in total. The van der Waals surface area contributed by atoms with Crippen molar-refractivity contribution in [2.24, 2.45) is 0 Å². The maximum Gasteiger partial charge on any atom is 0.251 e. The first-order chi connectivity index (χ1) is 18.7. The van der Waals surface area contributed by atoms with Gasteiger partial charge in [0.15, 0.2) is 0 Å². The average molecular weight is 522 g/mol. The van der Waals surface area contributed by atoms with E-state index in [2.05, 4.69) is 61.7 Å². The molecule has 3 aromatic carbocycles. The fourth-order valence-electron chi connectivity index (χ4n) is 5.28. The Bertz CT molecular complexity index is 1430. The molecule has 1 amide bonds. The number of para-hydroxylation sites is 1. The zero-order valence-corrected chi connectivity index (χ0v) is 23.7. The lowest BCUT2D eigenvalue weighted by atomic mass is 9.86. The highest BCUT2D eigenvalue weighted by atomic mass is 16.1.